The van der Waals surface area contributed by atoms with Crippen LogP contribution in [0.1, 0.15) is 29.8 Å². The Labute approximate surface area is 113 Å². The van der Waals surface area contributed by atoms with Crippen molar-refractivity contribution >= 4 is 11.7 Å². The minimum Gasteiger partial charge on any atom is -0.351 e. The SMILES string of the molecule is NNc1cccc(C(=O)NCCCN2CCCC2)n1. The molecule has 0 radical (unpaired) electrons. The van der Waals surface area contributed by atoms with Crippen LogP contribution in [0.4, 0.5) is 5.82 Å². The van der Waals surface area contributed by atoms with Gasteiger partial charge in [0.05, 0.1) is 0 Å². The Balaban J connectivity index is 1.71. The van der Waals surface area contributed by atoms with Crippen molar-refractivity contribution in [3.05, 3.63) is 23.9 Å². The molecule has 2 rings (SSSR count). The molecule has 6 nitrogen and oxygen atoms in total. The Morgan fingerprint density at radius 3 is 2.89 bits per heavy atom. The van der Waals surface area contributed by atoms with E-state index in [9.17, 15) is 4.79 Å². The number of nitrogens with one attached hydrogen (secondary N) is 2. The smallest absolute Gasteiger partial charge is 0.269 e. The lowest BCUT2D eigenvalue weighted by molar-refractivity contribution is 0.0947. The first-order valence-electron chi connectivity index (χ1n) is 6.74. The Hall–Kier alpha value is -1.66. The molecule has 1 fully saturated rings. The number of hydrazine groups is 1. The van der Waals surface area contributed by atoms with Crippen molar-refractivity contribution in [2.24, 2.45) is 5.84 Å². The van der Waals surface area contributed by atoms with Crippen LogP contribution in [0.15, 0.2) is 18.2 Å². The van der Waals surface area contributed by atoms with Gasteiger partial charge in [-0.1, -0.05) is 6.07 Å². The van der Waals surface area contributed by atoms with E-state index in [2.05, 4.69) is 20.6 Å². The molecule has 6 heteroatoms. The first-order valence-corrected chi connectivity index (χ1v) is 6.74. The van der Waals surface area contributed by atoms with Crippen LogP contribution in [-0.4, -0.2) is 42.0 Å². The van der Waals surface area contributed by atoms with Crippen LogP contribution in [0, 0.1) is 0 Å². The Morgan fingerprint density at radius 1 is 1.37 bits per heavy atom. The summed E-state index contributed by atoms with van der Waals surface area (Å²) in [5.41, 5.74) is 2.81. The number of likely N-dealkylation sites (tertiary alicyclic amines) is 1. The zero-order valence-electron chi connectivity index (χ0n) is 11.1. The van der Waals surface area contributed by atoms with E-state index in [0.717, 1.165) is 13.0 Å². The quantitative estimate of drug-likeness (QED) is 0.397. The van der Waals surface area contributed by atoms with Gasteiger partial charge in [0, 0.05) is 6.54 Å². The minimum atomic E-state index is -0.154. The number of hydrogen-bond donors (Lipinski definition) is 3. The van der Waals surface area contributed by atoms with Crippen LogP contribution >= 0.6 is 0 Å². The number of pyridine rings is 1. The molecule has 0 spiro atoms. The summed E-state index contributed by atoms with van der Waals surface area (Å²) in [5, 5.41) is 2.88. The molecule has 0 aliphatic carbocycles. The van der Waals surface area contributed by atoms with Crippen LogP contribution in [-0.2, 0) is 0 Å². The van der Waals surface area contributed by atoms with Crippen molar-refractivity contribution in [3.63, 3.8) is 0 Å². The van der Waals surface area contributed by atoms with Crippen LogP contribution < -0.4 is 16.6 Å². The largest absolute Gasteiger partial charge is 0.351 e. The maximum atomic E-state index is 11.9. The maximum Gasteiger partial charge on any atom is 0.269 e. The van der Waals surface area contributed by atoms with Gasteiger partial charge in [-0.25, -0.2) is 10.8 Å². The van der Waals surface area contributed by atoms with E-state index < -0.39 is 0 Å². The average molecular weight is 263 g/mol. The highest BCUT2D eigenvalue weighted by atomic mass is 16.1. The molecule has 0 atom stereocenters. The molecule has 0 unspecified atom stereocenters. The number of hydrogen-bond acceptors (Lipinski definition) is 5. The van der Waals surface area contributed by atoms with E-state index in [-0.39, 0.29) is 5.91 Å². The van der Waals surface area contributed by atoms with Gasteiger partial charge in [-0.15, -0.1) is 0 Å². The fourth-order valence-corrected chi connectivity index (χ4v) is 2.24. The van der Waals surface area contributed by atoms with Gasteiger partial charge in [-0.05, 0) is 51.0 Å². The molecule has 19 heavy (non-hydrogen) atoms. The van der Waals surface area contributed by atoms with E-state index in [4.69, 9.17) is 5.84 Å². The van der Waals surface area contributed by atoms with Gasteiger partial charge >= 0.3 is 0 Å². The molecule has 1 aromatic rings. The lowest BCUT2D eigenvalue weighted by Crippen LogP contribution is -2.29. The number of rotatable bonds is 6. The number of anilines is 1. The van der Waals surface area contributed by atoms with Crippen molar-refractivity contribution in [3.8, 4) is 0 Å². The first-order chi connectivity index (χ1) is 9.29. The second-order valence-electron chi connectivity index (χ2n) is 4.71. The van der Waals surface area contributed by atoms with Crippen LogP contribution in [0.3, 0.4) is 0 Å². The summed E-state index contributed by atoms with van der Waals surface area (Å²) in [6.45, 7) is 4.12. The second-order valence-corrected chi connectivity index (χ2v) is 4.71. The van der Waals surface area contributed by atoms with E-state index in [1.807, 2.05) is 0 Å². The van der Waals surface area contributed by atoms with Crippen molar-refractivity contribution in [1.82, 2.24) is 15.2 Å². The predicted molar refractivity (Wildman–Crippen MR) is 74.7 cm³/mol. The molecule has 0 bridgehead atoms. The third-order valence-electron chi connectivity index (χ3n) is 3.26. The van der Waals surface area contributed by atoms with E-state index in [0.29, 0.717) is 18.1 Å². The van der Waals surface area contributed by atoms with Gasteiger partial charge in [0.2, 0.25) is 0 Å². The highest BCUT2D eigenvalue weighted by Crippen LogP contribution is 2.07. The van der Waals surface area contributed by atoms with Gasteiger partial charge in [-0.2, -0.15) is 0 Å². The summed E-state index contributed by atoms with van der Waals surface area (Å²) >= 11 is 0. The van der Waals surface area contributed by atoms with Crippen molar-refractivity contribution in [2.75, 3.05) is 31.6 Å². The van der Waals surface area contributed by atoms with Crippen molar-refractivity contribution < 1.29 is 4.79 Å². The maximum absolute atomic E-state index is 11.9. The molecule has 1 aromatic heterocycles. The molecule has 0 aromatic carbocycles. The molecule has 4 N–H and O–H groups in total. The zero-order chi connectivity index (χ0) is 13.5. The lowest BCUT2D eigenvalue weighted by Gasteiger charge is -2.14. The van der Waals surface area contributed by atoms with Gasteiger partial charge in [0.25, 0.3) is 5.91 Å². The Bertz CT molecular complexity index is 417. The first kappa shape index (κ1) is 13.8. The molecule has 104 valence electrons. The average Bonchev–Trinajstić information content (AvgIpc) is 2.96. The number of nitrogen functional groups attached to an aromatic ring is 1. The molecule has 1 aliphatic rings. The third-order valence-corrected chi connectivity index (χ3v) is 3.26. The summed E-state index contributed by atoms with van der Waals surface area (Å²) in [4.78, 5) is 18.4. The minimum absolute atomic E-state index is 0.154. The Kier molecular flexibility index (Phi) is 5.11. The highest BCUT2D eigenvalue weighted by Gasteiger charge is 2.11. The molecule has 1 aliphatic heterocycles. The normalized spacial score (nSPS) is 15.4. The summed E-state index contributed by atoms with van der Waals surface area (Å²) in [5.74, 6) is 5.60. The molecular weight excluding hydrogens is 242 g/mol. The van der Waals surface area contributed by atoms with Crippen molar-refractivity contribution in [1.29, 1.82) is 0 Å². The topological polar surface area (TPSA) is 83.3 Å². The van der Waals surface area contributed by atoms with E-state index in [1.165, 1.54) is 25.9 Å². The van der Waals surface area contributed by atoms with Gasteiger partial charge < -0.3 is 15.6 Å². The number of amides is 1. The monoisotopic (exact) mass is 263 g/mol. The van der Waals surface area contributed by atoms with Gasteiger partial charge in [0.1, 0.15) is 11.5 Å². The third kappa shape index (κ3) is 4.18. The molecule has 0 saturated carbocycles. The number of aromatic nitrogens is 1. The van der Waals surface area contributed by atoms with Gasteiger partial charge in [0.15, 0.2) is 0 Å². The predicted octanol–water partition coefficient (Wildman–Crippen LogP) is 0.583. The molecule has 1 amide bonds. The van der Waals surface area contributed by atoms with Crippen molar-refractivity contribution in [2.45, 2.75) is 19.3 Å². The van der Waals surface area contributed by atoms with E-state index >= 15 is 0 Å². The summed E-state index contributed by atoms with van der Waals surface area (Å²) in [7, 11) is 0. The number of nitrogens with two attached hydrogens (primary N) is 1. The van der Waals surface area contributed by atoms with E-state index in [1.54, 1.807) is 18.2 Å². The lowest BCUT2D eigenvalue weighted by atomic mass is 10.3. The van der Waals surface area contributed by atoms with Crippen LogP contribution in [0.25, 0.3) is 0 Å². The summed E-state index contributed by atoms with van der Waals surface area (Å²) in [6, 6.07) is 5.14. The standard InChI is InChI=1S/C13H21N5O/c14-17-12-6-3-5-11(16-12)13(19)15-7-4-10-18-8-1-2-9-18/h3,5-6H,1-2,4,7-10,14H2,(H,15,19)(H,16,17). The molecule has 2 heterocycles. The number of carbonyl (C=O) groups excluding carboxylic acids is 1. The highest BCUT2D eigenvalue weighted by molar-refractivity contribution is 5.92. The second kappa shape index (κ2) is 7.06. The number of nitrogens with zero attached hydrogens (tertiary/aromatic N) is 2. The fraction of sp³-hybridized carbons (Fsp3) is 0.538. The fourth-order valence-electron chi connectivity index (χ4n) is 2.24. The molecule has 1 saturated heterocycles. The summed E-state index contributed by atoms with van der Waals surface area (Å²) < 4.78 is 0. The summed E-state index contributed by atoms with van der Waals surface area (Å²) in [6.07, 6.45) is 3.57. The van der Waals surface area contributed by atoms with Crippen LogP contribution in [0.2, 0.25) is 0 Å². The van der Waals surface area contributed by atoms with Gasteiger partial charge in [-0.3, -0.25) is 4.79 Å². The number of carbonyl (C=O) groups is 1. The Morgan fingerprint density at radius 2 is 2.16 bits per heavy atom. The zero-order valence-corrected chi connectivity index (χ0v) is 11.1. The molecular formula is C13H21N5O. The van der Waals surface area contributed by atoms with Crippen LogP contribution in [0.5, 0.6) is 0 Å².